The fraction of sp³-hybridized carbons (Fsp3) is 0.750. The van der Waals surface area contributed by atoms with Gasteiger partial charge in [-0.1, -0.05) is 0 Å². The van der Waals surface area contributed by atoms with Crippen LogP contribution in [0.2, 0.25) is 0 Å². The third-order valence-corrected chi connectivity index (χ3v) is 5.10. The zero-order valence-corrected chi connectivity index (χ0v) is 10.1. The van der Waals surface area contributed by atoms with Crippen LogP contribution in [0.5, 0.6) is 0 Å². The predicted octanol–water partition coefficient (Wildman–Crippen LogP) is 1.95. The lowest BCUT2D eigenvalue weighted by Crippen LogP contribution is -2.42. The molecule has 0 bridgehead atoms. The van der Waals surface area contributed by atoms with Gasteiger partial charge in [0.25, 0.3) is 0 Å². The summed E-state index contributed by atoms with van der Waals surface area (Å²) < 4.78 is 6.08. The van der Waals surface area contributed by atoms with E-state index < -0.39 is 0 Å². The van der Waals surface area contributed by atoms with Crippen molar-refractivity contribution in [2.24, 2.45) is 0 Å². The lowest BCUT2D eigenvalue weighted by molar-refractivity contribution is -0.0108. The molecule has 1 aromatic rings. The molecular formula is C12H16N2OS. The van der Waals surface area contributed by atoms with Crippen molar-refractivity contribution in [3.8, 4) is 0 Å². The first-order valence-corrected chi connectivity index (χ1v) is 7.03. The molecule has 0 amide bonds. The van der Waals surface area contributed by atoms with Gasteiger partial charge < -0.3 is 9.64 Å². The standard InChI is InChI=1S/C12H16N2OS/c1-4-14(5-1)6-9-10-11(13-8-16-10)12(2-3-12)7-15-9/h8-9H,1-7H2/t9-/m0/s1. The SMILES string of the molecule is c1nc2c(s1)[C@H](CN1CCC1)OCC21CC1. The number of likely N-dealkylation sites (tertiary alicyclic amines) is 1. The molecule has 1 spiro atoms. The van der Waals surface area contributed by atoms with Gasteiger partial charge in [0, 0.05) is 12.0 Å². The van der Waals surface area contributed by atoms with Crippen LogP contribution in [0.3, 0.4) is 0 Å². The summed E-state index contributed by atoms with van der Waals surface area (Å²) in [6, 6.07) is 0. The molecule has 3 heterocycles. The molecule has 0 N–H and O–H groups in total. The van der Waals surface area contributed by atoms with E-state index in [0.717, 1.165) is 13.2 Å². The average molecular weight is 236 g/mol. The number of fused-ring (bicyclic) bond motifs is 2. The molecule has 0 unspecified atom stereocenters. The third-order valence-electron chi connectivity index (χ3n) is 4.18. The first-order valence-electron chi connectivity index (χ1n) is 6.15. The zero-order valence-electron chi connectivity index (χ0n) is 9.32. The molecule has 2 aliphatic heterocycles. The summed E-state index contributed by atoms with van der Waals surface area (Å²) >= 11 is 1.79. The van der Waals surface area contributed by atoms with E-state index in [-0.39, 0.29) is 0 Å². The van der Waals surface area contributed by atoms with E-state index in [2.05, 4.69) is 9.88 Å². The molecule has 1 saturated carbocycles. The molecule has 3 nitrogen and oxygen atoms in total. The van der Waals surface area contributed by atoms with Gasteiger partial charge in [-0.05, 0) is 32.4 Å². The molecule has 1 aliphatic carbocycles. The van der Waals surface area contributed by atoms with Crippen molar-refractivity contribution in [3.63, 3.8) is 0 Å². The topological polar surface area (TPSA) is 25.4 Å². The van der Waals surface area contributed by atoms with Crippen molar-refractivity contribution in [2.75, 3.05) is 26.2 Å². The maximum Gasteiger partial charge on any atom is 0.106 e. The summed E-state index contributed by atoms with van der Waals surface area (Å²) in [5.74, 6) is 0. The number of aromatic nitrogens is 1. The van der Waals surface area contributed by atoms with Crippen LogP contribution in [-0.2, 0) is 10.2 Å². The Hall–Kier alpha value is -0.450. The Kier molecular flexibility index (Phi) is 1.96. The quantitative estimate of drug-likeness (QED) is 0.785. The number of ether oxygens (including phenoxy) is 1. The molecule has 3 aliphatic rings. The maximum absolute atomic E-state index is 6.08. The minimum absolute atomic E-state index is 0.300. The predicted molar refractivity (Wildman–Crippen MR) is 62.8 cm³/mol. The lowest BCUT2D eigenvalue weighted by atomic mass is 9.97. The molecule has 0 aromatic carbocycles. The number of thiazole rings is 1. The zero-order chi connectivity index (χ0) is 10.6. The summed E-state index contributed by atoms with van der Waals surface area (Å²) in [7, 11) is 0. The van der Waals surface area contributed by atoms with E-state index in [0.29, 0.717) is 11.5 Å². The van der Waals surface area contributed by atoms with E-state index in [4.69, 9.17) is 4.74 Å². The van der Waals surface area contributed by atoms with Gasteiger partial charge >= 0.3 is 0 Å². The van der Waals surface area contributed by atoms with E-state index in [1.54, 1.807) is 11.3 Å². The summed E-state index contributed by atoms with van der Waals surface area (Å²) in [6.45, 7) is 4.48. The molecule has 2 fully saturated rings. The first kappa shape index (κ1) is 9.57. The van der Waals surface area contributed by atoms with Gasteiger partial charge in [0.05, 0.1) is 22.7 Å². The monoisotopic (exact) mass is 236 g/mol. The molecule has 86 valence electrons. The maximum atomic E-state index is 6.08. The van der Waals surface area contributed by atoms with Crippen LogP contribution in [0.4, 0.5) is 0 Å². The third kappa shape index (κ3) is 1.30. The number of hydrogen-bond acceptors (Lipinski definition) is 4. The van der Waals surface area contributed by atoms with Gasteiger partial charge in [0.1, 0.15) is 6.10 Å². The summed E-state index contributed by atoms with van der Waals surface area (Å²) in [5.41, 5.74) is 3.71. The van der Waals surface area contributed by atoms with Crippen LogP contribution in [0.1, 0.15) is 35.9 Å². The Morgan fingerprint density at radius 3 is 3.06 bits per heavy atom. The minimum Gasteiger partial charge on any atom is -0.370 e. The highest BCUT2D eigenvalue weighted by atomic mass is 32.1. The van der Waals surface area contributed by atoms with Crippen LogP contribution in [-0.4, -0.2) is 36.1 Å². The highest BCUT2D eigenvalue weighted by Crippen LogP contribution is 2.54. The molecule has 1 saturated heterocycles. The lowest BCUT2D eigenvalue weighted by Gasteiger charge is -2.36. The van der Waals surface area contributed by atoms with Crippen molar-refractivity contribution >= 4 is 11.3 Å². The van der Waals surface area contributed by atoms with Crippen LogP contribution >= 0.6 is 11.3 Å². The van der Waals surface area contributed by atoms with Crippen LogP contribution in [0.15, 0.2) is 5.51 Å². The van der Waals surface area contributed by atoms with Gasteiger partial charge in [-0.2, -0.15) is 0 Å². The van der Waals surface area contributed by atoms with Crippen LogP contribution in [0, 0.1) is 0 Å². The van der Waals surface area contributed by atoms with Crippen LogP contribution in [0.25, 0.3) is 0 Å². The largest absolute Gasteiger partial charge is 0.370 e. The Labute approximate surface area is 99.4 Å². The van der Waals surface area contributed by atoms with Crippen LogP contribution < -0.4 is 0 Å². The normalized spacial score (nSPS) is 31.1. The molecule has 1 atom stereocenters. The Bertz CT molecular complexity index is 409. The van der Waals surface area contributed by atoms with Crippen molar-refractivity contribution in [3.05, 3.63) is 16.1 Å². The fourth-order valence-electron chi connectivity index (χ4n) is 2.75. The summed E-state index contributed by atoms with van der Waals surface area (Å²) in [5, 5.41) is 0. The first-order chi connectivity index (χ1) is 7.87. The van der Waals surface area contributed by atoms with E-state index in [1.807, 2.05) is 5.51 Å². The Balaban J connectivity index is 1.61. The Morgan fingerprint density at radius 1 is 1.50 bits per heavy atom. The molecule has 4 rings (SSSR count). The summed E-state index contributed by atoms with van der Waals surface area (Å²) in [4.78, 5) is 8.49. The average Bonchev–Trinajstić information content (AvgIpc) is 2.82. The highest BCUT2D eigenvalue weighted by molar-refractivity contribution is 7.09. The highest BCUT2D eigenvalue weighted by Gasteiger charge is 2.51. The van der Waals surface area contributed by atoms with Gasteiger partial charge in [0.15, 0.2) is 0 Å². The number of rotatable bonds is 2. The molecule has 0 radical (unpaired) electrons. The number of nitrogens with zero attached hydrogens (tertiary/aromatic N) is 2. The van der Waals surface area contributed by atoms with Gasteiger partial charge in [0.2, 0.25) is 0 Å². The fourth-order valence-corrected chi connectivity index (χ4v) is 3.70. The van der Waals surface area contributed by atoms with Gasteiger partial charge in [-0.25, -0.2) is 4.98 Å². The molecular weight excluding hydrogens is 220 g/mol. The van der Waals surface area contributed by atoms with E-state index in [1.165, 1.54) is 42.9 Å². The number of hydrogen-bond donors (Lipinski definition) is 0. The van der Waals surface area contributed by atoms with Crippen molar-refractivity contribution in [1.29, 1.82) is 0 Å². The van der Waals surface area contributed by atoms with E-state index in [9.17, 15) is 0 Å². The van der Waals surface area contributed by atoms with Crippen molar-refractivity contribution in [1.82, 2.24) is 9.88 Å². The second-order valence-electron chi connectivity index (χ2n) is 5.30. The van der Waals surface area contributed by atoms with Gasteiger partial charge in [-0.3, -0.25) is 0 Å². The minimum atomic E-state index is 0.300. The smallest absolute Gasteiger partial charge is 0.106 e. The van der Waals surface area contributed by atoms with Crippen molar-refractivity contribution in [2.45, 2.75) is 30.8 Å². The molecule has 1 aromatic heterocycles. The Morgan fingerprint density at radius 2 is 2.38 bits per heavy atom. The second-order valence-corrected chi connectivity index (χ2v) is 6.19. The van der Waals surface area contributed by atoms with E-state index >= 15 is 0 Å². The second kappa shape index (κ2) is 3.28. The van der Waals surface area contributed by atoms with Gasteiger partial charge in [-0.15, -0.1) is 11.3 Å². The van der Waals surface area contributed by atoms with Crippen molar-refractivity contribution < 1.29 is 4.74 Å². The molecule has 16 heavy (non-hydrogen) atoms. The summed E-state index contributed by atoms with van der Waals surface area (Å²) in [6.07, 6.45) is 4.21. The molecule has 4 heteroatoms.